The van der Waals surface area contributed by atoms with Crippen molar-refractivity contribution < 1.29 is 4.79 Å². The molecular formula is C13H18BrN3O. The lowest BCUT2D eigenvalue weighted by Gasteiger charge is -2.19. The molecule has 0 radical (unpaired) electrons. The van der Waals surface area contributed by atoms with Gasteiger partial charge in [0, 0.05) is 18.6 Å². The number of nitrogens with one attached hydrogen (secondary N) is 2. The van der Waals surface area contributed by atoms with E-state index in [1.165, 1.54) is 0 Å². The van der Waals surface area contributed by atoms with Crippen molar-refractivity contribution in [3.63, 3.8) is 0 Å². The van der Waals surface area contributed by atoms with Gasteiger partial charge in [-0.3, -0.25) is 4.79 Å². The fourth-order valence-electron chi connectivity index (χ4n) is 2.13. The van der Waals surface area contributed by atoms with E-state index < -0.39 is 0 Å². The lowest BCUT2D eigenvalue weighted by atomic mass is 10.2. The van der Waals surface area contributed by atoms with Crippen molar-refractivity contribution in [2.75, 3.05) is 30.9 Å². The molecule has 0 aliphatic carbocycles. The first-order chi connectivity index (χ1) is 8.58. The summed E-state index contributed by atoms with van der Waals surface area (Å²) in [6.45, 7) is 0.928. The van der Waals surface area contributed by atoms with E-state index in [9.17, 15) is 4.79 Å². The Labute approximate surface area is 116 Å². The molecule has 1 atom stereocenters. The molecule has 1 aliphatic rings. The van der Waals surface area contributed by atoms with Gasteiger partial charge in [0.05, 0.1) is 17.4 Å². The quantitative estimate of drug-likeness (QED) is 0.899. The van der Waals surface area contributed by atoms with E-state index in [1.54, 1.807) is 0 Å². The highest BCUT2D eigenvalue weighted by Crippen LogP contribution is 2.28. The van der Waals surface area contributed by atoms with Gasteiger partial charge in [0.2, 0.25) is 5.91 Å². The van der Waals surface area contributed by atoms with Crippen LogP contribution >= 0.6 is 15.9 Å². The molecule has 1 amide bonds. The molecule has 18 heavy (non-hydrogen) atoms. The number of hydrogen-bond donors (Lipinski definition) is 2. The Bertz CT molecular complexity index is 442. The number of benzene rings is 1. The van der Waals surface area contributed by atoms with Crippen molar-refractivity contribution in [1.82, 2.24) is 5.32 Å². The predicted molar refractivity (Wildman–Crippen MR) is 78.1 cm³/mol. The molecular weight excluding hydrogens is 294 g/mol. The summed E-state index contributed by atoms with van der Waals surface area (Å²) >= 11 is 3.43. The maximum Gasteiger partial charge on any atom is 0.241 e. The lowest BCUT2D eigenvalue weighted by Crippen LogP contribution is -2.35. The molecule has 0 spiro atoms. The minimum absolute atomic E-state index is 0.0497. The summed E-state index contributed by atoms with van der Waals surface area (Å²) in [5.41, 5.74) is 1.85. The predicted octanol–water partition coefficient (Wildman–Crippen LogP) is 2.21. The topological polar surface area (TPSA) is 44.4 Å². The largest absolute Gasteiger partial charge is 0.376 e. The zero-order chi connectivity index (χ0) is 13.1. The van der Waals surface area contributed by atoms with Crippen molar-refractivity contribution in [3.8, 4) is 0 Å². The Morgan fingerprint density at radius 1 is 1.50 bits per heavy atom. The summed E-state index contributed by atoms with van der Waals surface area (Å²) in [5, 5.41) is 6.20. The second-order valence-electron chi connectivity index (χ2n) is 4.69. The van der Waals surface area contributed by atoms with Crippen molar-refractivity contribution in [3.05, 3.63) is 22.7 Å². The van der Waals surface area contributed by atoms with Gasteiger partial charge in [0.25, 0.3) is 0 Å². The summed E-state index contributed by atoms with van der Waals surface area (Å²) in [5.74, 6) is 0.0497. The second kappa shape index (κ2) is 5.71. The SMILES string of the molecule is CN(C)c1ccc(Br)cc1NC(=O)C1CCCN1. The highest BCUT2D eigenvalue weighted by molar-refractivity contribution is 9.10. The maximum atomic E-state index is 12.1. The van der Waals surface area contributed by atoms with Crippen LogP contribution in [0.15, 0.2) is 22.7 Å². The van der Waals surface area contributed by atoms with Gasteiger partial charge in [-0.15, -0.1) is 0 Å². The summed E-state index contributed by atoms with van der Waals surface area (Å²) in [4.78, 5) is 14.1. The van der Waals surface area contributed by atoms with Gasteiger partial charge in [-0.1, -0.05) is 15.9 Å². The Hall–Kier alpha value is -1.07. The second-order valence-corrected chi connectivity index (χ2v) is 5.61. The van der Waals surface area contributed by atoms with Crippen LogP contribution in [0, 0.1) is 0 Å². The third kappa shape index (κ3) is 3.03. The fraction of sp³-hybridized carbons (Fsp3) is 0.462. The van der Waals surface area contributed by atoms with Crippen LogP contribution in [-0.4, -0.2) is 32.6 Å². The van der Waals surface area contributed by atoms with E-state index in [4.69, 9.17) is 0 Å². The van der Waals surface area contributed by atoms with Gasteiger partial charge < -0.3 is 15.5 Å². The number of amides is 1. The number of carbonyl (C=O) groups excluding carboxylic acids is 1. The van der Waals surface area contributed by atoms with E-state index >= 15 is 0 Å². The molecule has 4 nitrogen and oxygen atoms in total. The van der Waals surface area contributed by atoms with Crippen LogP contribution in [0.5, 0.6) is 0 Å². The number of halogens is 1. The molecule has 5 heteroatoms. The minimum Gasteiger partial charge on any atom is -0.376 e. The van der Waals surface area contributed by atoms with Crippen molar-refractivity contribution in [2.45, 2.75) is 18.9 Å². The number of nitrogens with zero attached hydrogens (tertiary/aromatic N) is 1. The van der Waals surface area contributed by atoms with Crippen LogP contribution in [0.3, 0.4) is 0 Å². The monoisotopic (exact) mass is 311 g/mol. The normalized spacial score (nSPS) is 18.7. The van der Waals surface area contributed by atoms with Gasteiger partial charge in [0.1, 0.15) is 0 Å². The van der Waals surface area contributed by atoms with Crippen LogP contribution < -0.4 is 15.5 Å². The first-order valence-corrected chi connectivity index (χ1v) is 6.88. The Morgan fingerprint density at radius 2 is 2.28 bits per heavy atom. The number of hydrogen-bond acceptors (Lipinski definition) is 3. The van der Waals surface area contributed by atoms with Crippen LogP contribution in [0.2, 0.25) is 0 Å². The standard InChI is InChI=1S/C13H18BrN3O/c1-17(2)12-6-5-9(14)8-11(12)16-13(18)10-4-3-7-15-10/h5-6,8,10,15H,3-4,7H2,1-2H3,(H,16,18). The smallest absolute Gasteiger partial charge is 0.241 e. The molecule has 98 valence electrons. The third-order valence-electron chi connectivity index (χ3n) is 3.08. The van der Waals surface area contributed by atoms with Gasteiger partial charge in [-0.25, -0.2) is 0 Å². The van der Waals surface area contributed by atoms with E-state index in [1.807, 2.05) is 37.2 Å². The number of carbonyl (C=O) groups is 1. The summed E-state index contributed by atoms with van der Waals surface area (Å²) < 4.78 is 0.961. The van der Waals surface area contributed by atoms with E-state index in [-0.39, 0.29) is 11.9 Å². The third-order valence-corrected chi connectivity index (χ3v) is 3.57. The Morgan fingerprint density at radius 3 is 2.89 bits per heavy atom. The highest BCUT2D eigenvalue weighted by atomic mass is 79.9. The van der Waals surface area contributed by atoms with E-state index in [0.717, 1.165) is 35.2 Å². The average Bonchev–Trinajstić information content (AvgIpc) is 2.81. The minimum atomic E-state index is -0.0565. The first kappa shape index (κ1) is 13.4. The van der Waals surface area contributed by atoms with Crippen LogP contribution in [0.1, 0.15) is 12.8 Å². The van der Waals surface area contributed by atoms with Gasteiger partial charge in [-0.2, -0.15) is 0 Å². The van der Waals surface area contributed by atoms with E-state index in [0.29, 0.717) is 0 Å². The summed E-state index contributed by atoms with van der Waals surface area (Å²) in [6, 6.07) is 5.84. The molecule has 0 saturated carbocycles. The van der Waals surface area contributed by atoms with Crippen molar-refractivity contribution >= 4 is 33.2 Å². The van der Waals surface area contributed by atoms with E-state index in [2.05, 4.69) is 26.6 Å². The summed E-state index contributed by atoms with van der Waals surface area (Å²) in [6.07, 6.45) is 1.98. The van der Waals surface area contributed by atoms with Gasteiger partial charge in [0.15, 0.2) is 0 Å². The number of anilines is 2. The molecule has 1 aromatic carbocycles. The van der Waals surface area contributed by atoms with Crippen molar-refractivity contribution in [2.24, 2.45) is 0 Å². The first-order valence-electron chi connectivity index (χ1n) is 6.09. The molecule has 1 fully saturated rings. The Kier molecular flexibility index (Phi) is 4.24. The zero-order valence-electron chi connectivity index (χ0n) is 10.7. The highest BCUT2D eigenvalue weighted by Gasteiger charge is 2.22. The Balaban J connectivity index is 2.16. The molecule has 1 aliphatic heterocycles. The summed E-state index contributed by atoms with van der Waals surface area (Å²) in [7, 11) is 3.93. The average molecular weight is 312 g/mol. The molecule has 2 N–H and O–H groups in total. The molecule has 1 aromatic rings. The maximum absolute atomic E-state index is 12.1. The molecule has 1 unspecified atom stereocenters. The molecule has 2 rings (SSSR count). The molecule has 1 heterocycles. The lowest BCUT2D eigenvalue weighted by molar-refractivity contribution is -0.117. The van der Waals surface area contributed by atoms with Crippen LogP contribution in [-0.2, 0) is 4.79 Å². The van der Waals surface area contributed by atoms with Crippen LogP contribution in [0.4, 0.5) is 11.4 Å². The van der Waals surface area contributed by atoms with Crippen molar-refractivity contribution in [1.29, 1.82) is 0 Å². The fourth-order valence-corrected chi connectivity index (χ4v) is 2.49. The zero-order valence-corrected chi connectivity index (χ0v) is 12.3. The molecule has 0 aromatic heterocycles. The van der Waals surface area contributed by atoms with Gasteiger partial charge >= 0.3 is 0 Å². The number of rotatable bonds is 3. The molecule has 1 saturated heterocycles. The van der Waals surface area contributed by atoms with Crippen LogP contribution in [0.25, 0.3) is 0 Å². The molecule has 0 bridgehead atoms. The van der Waals surface area contributed by atoms with Gasteiger partial charge in [-0.05, 0) is 37.6 Å².